The van der Waals surface area contributed by atoms with Crippen molar-refractivity contribution in [2.45, 2.75) is 98.0 Å². The summed E-state index contributed by atoms with van der Waals surface area (Å²) in [5.41, 5.74) is 10.3. The Balaban J connectivity index is 5.73. The van der Waals surface area contributed by atoms with Crippen molar-refractivity contribution in [3.8, 4) is 34.4 Å². The van der Waals surface area contributed by atoms with Crippen LogP contribution in [-0.2, 0) is 14.3 Å². The molecule has 0 amide bonds. The summed E-state index contributed by atoms with van der Waals surface area (Å²) < 4.78 is 4.99. The predicted octanol–water partition coefficient (Wildman–Crippen LogP) is 6.19. The molecule has 0 aliphatic heterocycles. The molecule has 0 bridgehead atoms. The van der Waals surface area contributed by atoms with Crippen LogP contribution in [0.3, 0.4) is 0 Å². The molecular weight excluding hydrogens is 457 g/mol. The summed E-state index contributed by atoms with van der Waals surface area (Å²) in [6.45, 7) is 21.6. The van der Waals surface area contributed by atoms with Crippen molar-refractivity contribution in [1.29, 1.82) is 0 Å². The van der Waals surface area contributed by atoms with Crippen molar-refractivity contribution in [2.75, 3.05) is 7.11 Å². The van der Waals surface area contributed by atoms with Crippen LogP contribution in [0.4, 0.5) is 0 Å². The highest BCUT2D eigenvalue weighted by atomic mass is 28.3. The summed E-state index contributed by atoms with van der Waals surface area (Å²) in [6.07, 6.45) is 3.72. The van der Waals surface area contributed by atoms with Crippen LogP contribution in [0.1, 0.15) is 39.0 Å². The second kappa shape index (κ2) is 14.0. The fourth-order valence-corrected chi connectivity index (χ4v) is 5.20. The smallest absolute Gasteiger partial charge is 0.316 e. The molecule has 0 heterocycles. The first kappa shape index (κ1) is 31.5. The second-order valence-corrected chi connectivity index (χ2v) is 26.3. The molecule has 0 aliphatic rings. The van der Waals surface area contributed by atoms with Gasteiger partial charge in [-0.2, -0.15) is 0 Å². The maximum Gasteiger partial charge on any atom is 0.316 e. The van der Waals surface area contributed by atoms with E-state index in [1.165, 1.54) is 14.0 Å². The molecule has 0 fully saturated rings. The Bertz CT molecular complexity index is 838. The number of esters is 1. The number of carbonyl (C=O) groups is 2. The third-order valence-electron chi connectivity index (χ3n) is 4.82. The van der Waals surface area contributed by atoms with Gasteiger partial charge in [0.2, 0.25) is 0 Å². The van der Waals surface area contributed by atoms with Gasteiger partial charge in [-0.25, -0.2) is 0 Å². The average Bonchev–Trinajstić information content (AvgIpc) is 2.63. The number of methoxy groups -OCH3 is 1. The highest BCUT2D eigenvalue weighted by Crippen LogP contribution is 2.28. The van der Waals surface area contributed by atoms with Gasteiger partial charge >= 0.3 is 5.97 Å². The number of ether oxygens (including phenoxy) is 1. The lowest BCUT2D eigenvalue weighted by Crippen LogP contribution is -2.31. The molecule has 0 saturated heterocycles. The minimum absolute atomic E-state index is 0.0907. The Hall–Kier alpha value is -1.53. The molecule has 0 aromatic rings. The van der Waals surface area contributed by atoms with Gasteiger partial charge in [-0.05, 0) is 32.1 Å². The van der Waals surface area contributed by atoms with E-state index in [1.807, 2.05) is 0 Å². The monoisotopic (exact) mass is 502 g/mol. The van der Waals surface area contributed by atoms with E-state index in [4.69, 9.17) is 4.74 Å². The number of Topliss-reactive ketones (excluding diaryl/α,β-unsaturated/α-hetero) is 1. The first-order chi connectivity index (χ1) is 14.9. The van der Waals surface area contributed by atoms with E-state index in [0.717, 1.165) is 19.3 Å². The Morgan fingerprint density at radius 3 is 1.73 bits per heavy atom. The van der Waals surface area contributed by atoms with E-state index < -0.39 is 36.1 Å². The molecule has 3 nitrogen and oxygen atoms in total. The molecule has 3 atom stereocenters. The molecule has 184 valence electrons. The number of ketones is 1. The van der Waals surface area contributed by atoms with Gasteiger partial charge in [-0.1, -0.05) is 58.9 Å². The molecule has 0 aliphatic carbocycles. The first-order valence-electron chi connectivity index (χ1n) is 12.1. The van der Waals surface area contributed by atoms with Gasteiger partial charge in [0, 0.05) is 18.8 Å². The largest absolute Gasteiger partial charge is 0.468 e. The minimum Gasteiger partial charge on any atom is -0.468 e. The summed E-state index contributed by atoms with van der Waals surface area (Å²) in [5, 5.41) is 0. The van der Waals surface area contributed by atoms with Gasteiger partial charge in [0.05, 0.1) is 7.11 Å². The van der Waals surface area contributed by atoms with Crippen LogP contribution in [0.25, 0.3) is 0 Å². The lowest BCUT2D eigenvalue weighted by atomic mass is 9.80. The fraction of sp³-hybridized carbons (Fsp3) is 0.704. The molecule has 0 spiro atoms. The van der Waals surface area contributed by atoms with E-state index in [9.17, 15) is 9.59 Å². The molecule has 0 rings (SSSR count). The zero-order valence-electron chi connectivity index (χ0n) is 23.0. The van der Waals surface area contributed by atoms with E-state index in [1.54, 1.807) is 0 Å². The van der Waals surface area contributed by atoms with Crippen LogP contribution in [-0.4, -0.2) is 43.1 Å². The summed E-state index contributed by atoms with van der Waals surface area (Å²) in [7, 11) is -3.03. The standard InChI is InChI=1S/C27H46O3Si3/c1-23(28)26(27(29)30-2)25(16-12-13-20-31(3,4)5)18-17-24(19-22-33(9,10)11)15-14-21-32(6,7)8/h24-26H,12,15-18H2,1-11H3. The van der Waals surface area contributed by atoms with Gasteiger partial charge in [0.1, 0.15) is 35.9 Å². The first-order valence-corrected chi connectivity index (χ1v) is 22.6. The van der Waals surface area contributed by atoms with Gasteiger partial charge in [-0.15, -0.1) is 34.4 Å². The topological polar surface area (TPSA) is 43.4 Å². The maximum atomic E-state index is 12.5. The Morgan fingerprint density at radius 1 is 0.758 bits per heavy atom. The van der Waals surface area contributed by atoms with E-state index in [0.29, 0.717) is 12.8 Å². The van der Waals surface area contributed by atoms with Crippen molar-refractivity contribution in [3.63, 3.8) is 0 Å². The van der Waals surface area contributed by atoms with E-state index >= 15 is 0 Å². The molecule has 6 heteroatoms. The third-order valence-corrected chi connectivity index (χ3v) is 7.56. The van der Waals surface area contributed by atoms with Crippen LogP contribution in [0.15, 0.2) is 0 Å². The summed E-state index contributed by atoms with van der Waals surface area (Å²) >= 11 is 0. The zero-order chi connectivity index (χ0) is 25.9. The van der Waals surface area contributed by atoms with Crippen LogP contribution < -0.4 is 0 Å². The summed E-state index contributed by atoms with van der Waals surface area (Å²) in [5.74, 6) is 8.95. The van der Waals surface area contributed by atoms with Crippen molar-refractivity contribution < 1.29 is 14.3 Å². The maximum absolute atomic E-state index is 12.5. The van der Waals surface area contributed by atoms with Crippen molar-refractivity contribution >= 4 is 36.0 Å². The van der Waals surface area contributed by atoms with Crippen molar-refractivity contribution in [2.24, 2.45) is 17.8 Å². The molecular formula is C27H46O3Si3. The molecule has 0 N–H and O–H groups in total. The molecule has 33 heavy (non-hydrogen) atoms. The van der Waals surface area contributed by atoms with Crippen LogP contribution in [0.5, 0.6) is 0 Å². The summed E-state index contributed by atoms with van der Waals surface area (Å²) in [4.78, 5) is 24.9. The lowest BCUT2D eigenvalue weighted by molar-refractivity contribution is -0.151. The number of hydrogen-bond donors (Lipinski definition) is 0. The van der Waals surface area contributed by atoms with Crippen LogP contribution in [0.2, 0.25) is 58.9 Å². The quantitative estimate of drug-likeness (QED) is 0.163. The normalized spacial score (nSPS) is 14.3. The van der Waals surface area contributed by atoms with E-state index in [-0.39, 0.29) is 17.6 Å². The Morgan fingerprint density at radius 2 is 1.27 bits per heavy atom. The van der Waals surface area contributed by atoms with Crippen molar-refractivity contribution in [3.05, 3.63) is 0 Å². The summed E-state index contributed by atoms with van der Waals surface area (Å²) in [6, 6.07) is 0. The predicted molar refractivity (Wildman–Crippen MR) is 150 cm³/mol. The molecule has 0 radical (unpaired) electrons. The van der Waals surface area contributed by atoms with Gasteiger partial charge in [0.25, 0.3) is 0 Å². The van der Waals surface area contributed by atoms with Crippen LogP contribution >= 0.6 is 0 Å². The highest BCUT2D eigenvalue weighted by Gasteiger charge is 2.33. The van der Waals surface area contributed by atoms with Crippen LogP contribution in [0, 0.1) is 52.1 Å². The minimum atomic E-state index is -1.50. The number of carbonyl (C=O) groups excluding carboxylic acids is 2. The molecule has 0 saturated carbocycles. The third kappa shape index (κ3) is 16.7. The fourth-order valence-electron chi connectivity index (χ4n) is 3.28. The molecule has 0 aromatic heterocycles. The Kier molecular flexibility index (Phi) is 13.4. The van der Waals surface area contributed by atoms with Gasteiger partial charge in [0.15, 0.2) is 0 Å². The zero-order valence-corrected chi connectivity index (χ0v) is 26.0. The Labute approximate surface area is 207 Å². The highest BCUT2D eigenvalue weighted by molar-refractivity contribution is 6.84. The average molecular weight is 503 g/mol. The van der Waals surface area contributed by atoms with Gasteiger partial charge < -0.3 is 4.74 Å². The molecule has 3 unspecified atom stereocenters. The lowest BCUT2D eigenvalue weighted by Gasteiger charge is -2.24. The SMILES string of the molecule is COC(=O)C(C(C)=O)C(CCC#C[Si](C)(C)C)CCC(C#C[Si](C)(C)C)CC#C[Si](C)(C)C. The van der Waals surface area contributed by atoms with Crippen molar-refractivity contribution in [1.82, 2.24) is 0 Å². The second-order valence-electron chi connectivity index (χ2n) is 12.0. The number of rotatable bonds is 9. The van der Waals surface area contributed by atoms with Gasteiger partial charge in [-0.3, -0.25) is 9.59 Å². The number of hydrogen-bond acceptors (Lipinski definition) is 3. The molecule has 0 aromatic carbocycles. The van der Waals surface area contributed by atoms with E-state index in [2.05, 4.69) is 93.3 Å².